The van der Waals surface area contributed by atoms with Gasteiger partial charge in [0.1, 0.15) is 0 Å². The molecule has 2 rings (SSSR count). The molecule has 0 atom stereocenters. The van der Waals surface area contributed by atoms with Gasteiger partial charge in [0.05, 0.1) is 0 Å². The monoisotopic (exact) mass is 603 g/mol. The van der Waals surface area contributed by atoms with Gasteiger partial charge in [0.15, 0.2) is 0 Å². The van der Waals surface area contributed by atoms with Crippen LogP contribution in [0.5, 0.6) is 0 Å². The summed E-state index contributed by atoms with van der Waals surface area (Å²) in [6.45, 7) is 33.6. The van der Waals surface area contributed by atoms with Gasteiger partial charge in [-0.05, 0) is 18.7 Å². The third kappa shape index (κ3) is 33.7. The standard InChI is InChI=1S/C12H10N.7CO.Cr.Re/c1-10-6-5-9-13-12(10)11-7-3-2-4-8-11;7*1-2;;/h2-7,9H,1H3;;;;;;;;;/q-1;;;;;;;;;. The first-order valence-electron chi connectivity index (χ1n) is 5.69. The van der Waals surface area contributed by atoms with Crippen LogP contribution in [-0.2, 0) is 70.3 Å². The topological polar surface area (TPSA) is 152 Å². The van der Waals surface area contributed by atoms with Gasteiger partial charge >= 0.3 is 79.1 Å². The normalized spacial score (nSPS) is 4.93. The van der Waals surface area contributed by atoms with E-state index >= 15 is 0 Å². The first-order valence-corrected chi connectivity index (χ1v) is 5.69. The van der Waals surface area contributed by atoms with E-state index in [4.69, 9.17) is 32.6 Å². The number of aromatic nitrogens is 1. The van der Waals surface area contributed by atoms with E-state index in [2.05, 4.69) is 70.6 Å². The van der Waals surface area contributed by atoms with Crippen LogP contribution in [-0.4, -0.2) is 4.98 Å². The Bertz CT molecular complexity index is 634. The minimum Gasteiger partial charge on any atom is 0 e. The number of aryl methyl sites for hydroxylation is 1. The van der Waals surface area contributed by atoms with Crippen LogP contribution in [0.2, 0.25) is 0 Å². The molecule has 0 aliphatic carbocycles. The van der Waals surface area contributed by atoms with Crippen LogP contribution in [0.15, 0.2) is 42.6 Å². The zero-order chi connectivity index (χ0) is 23.1. The second-order valence-electron chi connectivity index (χ2n) is 2.95. The van der Waals surface area contributed by atoms with Crippen molar-refractivity contribution in [2.24, 2.45) is 0 Å². The van der Waals surface area contributed by atoms with Crippen LogP contribution in [0.25, 0.3) is 11.3 Å². The van der Waals surface area contributed by atoms with Crippen LogP contribution >= 0.6 is 0 Å². The Kier molecular flexibility index (Phi) is 111. The Morgan fingerprint density at radius 3 is 1.41 bits per heavy atom. The van der Waals surface area contributed by atoms with Gasteiger partial charge in [-0.2, -0.15) is 0 Å². The molecule has 0 amide bonds. The molecule has 147 valence electrons. The molecule has 1 aromatic heterocycles. The van der Waals surface area contributed by atoms with Crippen molar-refractivity contribution in [2.75, 3.05) is 0 Å². The zero-order valence-electron chi connectivity index (χ0n) is 14.6. The molecule has 29 heavy (non-hydrogen) atoms. The van der Waals surface area contributed by atoms with Crippen molar-refractivity contribution in [3.63, 3.8) is 0 Å². The smallest absolute Gasteiger partial charge is 0 e. The Hall–Kier alpha value is -2.26. The molecule has 0 saturated carbocycles. The minimum atomic E-state index is 0. The maximum atomic E-state index is 7.50. The summed E-state index contributed by atoms with van der Waals surface area (Å²) in [6.07, 6.45) is 1.81. The third-order valence-electron chi connectivity index (χ3n) is 1.97. The Morgan fingerprint density at radius 2 is 1.10 bits per heavy atom. The Labute approximate surface area is 193 Å². The average Bonchev–Trinajstić information content (AvgIpc) is 2.84. The summed E-state index contributed by atoms with van der Waals surface area (Å²) in [4.78, 5) is 4.32. The summed E-state index contributed by atoms with van der Waals surface area (Å²) in [7, 11) is 0. The molecule has 0 aliphatic rings. The zero-order valence-corrected chi connectivity index (χ0v) is 18.6. The van der Waals surface area contributed by atoms with E-state index in [1.807, 2.05) is 36.5 Å². The predicted octanol–water partition coefficient (Wildman–Crippen LogP) is 2.59. The molecule has 0 N–H and O–H groups in total. The first kappa shape index (κ1) is 50.4. The van der Waals surface area contributed by atoms with Crippen LogP contribution in [0, 0.1) is 59.5 Å². The summed E-state index contributed by atoms with van der Waals surface area (Å²) < 4.78 is 52.5. The summed E-state index contributed by atoms with van der Waals surface area (Å²) in [5, 5.41) is 0. The predicted molar refractivity (Wildman–Crippen MR) is 80.8 cm³/mol. The van der Waals surface area contributed by atoms with Gasteiger partial charge in [0, 0.05) is 44.0 Å². The fraction of sp³-hybridized carbons (Fsp3) is 0.0526. The second kappa shape index (κ2) is 63.6. The van der Waals surface area contributed by atoms with Gasteiger partial charge in [0.2, 0.25) is 0 Å². The van der Waals surface area contributed by atoms with E-state index in [0.717, 1.165) is 11.3 Å². The second-order valence-corrected chi connectivity index (χ2v) is 2.95. The number of pyridine rings is 1. The maximum absolute atomic E-state index is 7.50. The third-order valence-corrected chi connectivity index (χ3v) is 1.97. The van der Waals surface area contributed by atoms with Crippen LogP contribution in [0.1, 0.15) is 5.56 Å². The number of nitrogens with zero attached hydrogens (tertiary/aromatic N) is 1. The molecule has 0 spiro atoms. The van der Waals surface area contributed by atoms with E-state index in [0.29, 0.717) is 0 Å². The molecule has 1 aromatic carbocycles. The minimum absolute atomic E-state index is 0. The van der Waals surface area contributed by atoms with Crippen molar-refractivity contribution >= 4 is 0 Å². The Balaban J connectivity index is -0.0000000397. The maximum Gasteiger partial charge on any atom is 0 e. The van der Waals surface area contributed by atoms with Gasteiger partial charge in [-0.1, -0.05) is 11.6 Å². The molecule has 1 heterocycles. The number of benzene rings is 1. The SMILES string of the molecule is Cc1cccnc1-c1[c-]cccc1.[C-]#[O+].[C-]#[O+].[C-]#[O+].[C-]#[O+].[C-]#[O+].[C-]#[O+].[C-]#[O+].[Cr].[Re]. The Morgan fingerprint density at radius 1 is 0.690 bits per heavy atom. The van der Waals surface area contributed by atoms with Gasteiger partial charge in [-0.3, -0.25) is 0 Å². The quantitative estimate of drug-likeness (QED) is 0.358. The molecule has 0 unspecified atom stereocenters. The van der Waals surface area contributed by atoms with Crippen molar-refractivity contribution in [2.45, 2.75) is 6.92 Å². The molecule has 0 bridgehead atoms. The van der Waals surface area contributed by atoms with Crippen molar-refractivity contribution in [3.05, 3.63) is 101 Å². The van der Waals surface area contributed by atoms with Crippen molar-refractivity contribution in [3.8, 4) is 11.3 Å². The van der Waals surface area contributed by atoms with Gasteiger partial charge in [0.25, 0.3) is 0 Å². The number of hydrogen-bond donors (Lipinski definition) is 0. The molecular weight excluding hydrogens is 592 g/mol. The summed E-state index contributed by atoms with van der Waals surface area (Å²) >= 11 is 0. The van der Waals surface area contributed by atoms with E-state index < -0.39 is 0 Å². The molecule has 0 fully saturated rings. The largest absolute Gasteiger partial charge is 0 e. The van der Waals surface area contributed by atoms with Gasteiger partial charge < -0.3 is 4.98 Å². The molecular formula is C19H10CrNO7Re-. The molecule has 1 radical (unpaired) electrons. The number of hydrogen-bond acceptors (Lipinski definition) is 1. The van der Waals surface area contributed by atoms with Crippen LogP contribution in [0.3, 0.4) is 0 Å². The van der Waals surface area contributed by atoms with Crippen molar-refractivity contribution in [1.82, 2.24) is 4.98 Å². The molecule has 8 nitrogen and oxygen atoms in total. The molecule has 0 aliphatic heterocycles. The summed E-state index contributed by atoms with van der Waals surface area (Å²) in [5.74, 6) is 0. The average molecular weight is 602 g/mol. The fourth-order valence-corrected chi connectivity index (χ4v) is 1.31. The first-order chi connectivity index (χ1) is 13.4. The van der Waals surface area contributed by atoms with E-state index in [9.17, 15) is 0 Å². The van der Waals surface area contributed by atoms with Crippen molar-refractivity contribution in [1.29, 1.82) is 0 Å². The van der Waals surface area contributed by atoms with Crippen LogP contribution in [0.4, 0.5) is 0 Å². The fourth-order valence-electron chi connectivity index (χ4n) is 1.31. The van der Waals surface area contributed by atoms with E-state index in [1.165, 1.54) is 5.56 Å². The summed E-state index contributed by atoms with van der Waals surface area (Å²) in [6, 6.07) is 15.1. The summed E-state index contributed by atoms with van der Waals surface area (Å²) in [5.41, 5.74) is 3.26. The molecule has 0 saturated heterocycles. The van der Waals surface area contributed by atoms with E-state index in [-0.39, 0.29) is 37.8 Å². The molecule has 10 heteroatoms. The van der Waals surface area contributed by atoms with Gasteiger partial charge in [-0.15, -0.1) is 35.9 Å². The van der Waals surface area contributed by atoms with Crippen molar-refractivity contribution < 1.29 is 70.3 Å². The van der Waals surface area contributed by atoms with Crippen LogP contribution < -0.4 is 0 Å². The van der Waals surface area contributed by atoms with E-state index in [1.54, 1.807) is 0 Å². The molecule has 2 aromatic rings. The number of rotatable bonds is 1. The van der Waals surface area contributed by atoms with Gasteiger partial charge in [-0.25, -0.2) is 0 Å².